The van der Waals surface area contributed by atoms with Gasteiger partial charge in [0.05, 0.1) is 5.69 Å². The highest BCUT2D eigenvalue weighted by molar-refractivity contribution is 7.28. The summed E-state index contributed by atoms with van der Waals surface area (Å²) in [6.07, 6.45) is 3.50. The number of benzene rings is 7. The van der Waals surface area contributed by atoms with Crippen molar-refractivity contribution in [3.63, 3.8) is 0 Å². The standard InChI is InChI=1S/C63H65BN2S/c1-37-29-53-56-54(30-37)66(51-34-46-44(31-38(51)2)60(6,7)27-28-61(46,8)9)52-35-47-45(62(10,11)36-63(47,12)13)33-48(52)64(56)57-50(26-24-42-41-21-17-18-22-55(41)67-58(42)57)65(53)49-25-23-40(59(3,4)5)32-43(49)39-19-15-14-16-20-39/h14-26,29-35H,27-28,36H2,1-13H3. The van der Waals surface area contributed by atoms with E-state index in [1.807, 2.05) is 11.3 Å². The minimum Gasteiger partial charge on any atom is -0.311 e. The Balaban J connectivity index is 1.24. The summed E-state index contributed by atoms with van der Waals surface area (Å²) in [6, 6.07) is 48.0. The van der Waals surface area contributed by atoms with Gasteiger partial charge in [0.25, 0.3) is 6.71 Å². The minimum absolute atomic E-state index is 0.0119. The molecule has 12 rings (SSSR count). The summed E-state index contributed by atoms with van der Waals surface area (Å²) in [5.74, 6) is 0. The van der Waals surface area contributed by atoms with Gasteiger partial charge in [0.1, 0.15) is 0 Å². The van der Waals surface area contributed by atoms with Crippen molar-refractivity contribution in [3.8, 4) is 11.1 Å². The molecule has 8 aromatic rings. The maximum absolute atomic E-state index is 2.74. The molecule has 0 saturated carbocycles. The number of rotatable bonds is 3. The normalized spacial score (nSPS) is 18.1. The third-order valence-corrected chi connectivity index (χ3v) is 18.0. The second kappa shape index (κ2) is 14.0. The zero-order valence-corrected chi connectivity index (χ0v) is 42.9. The second-order valence-electron chi connectivity index (χ2n) is 24.5. The Labute approximate surface area is 404 Å². The van der Waals surface area contributed by atoms with Gasteiger partial charge in [-0.3, -0.25) is 0 Å². The Morgan fingerprint density at radius 3 is 1.78 bits per heavy atom. The predicted molar refractivity (Wildman–Crippen MR) is 293 cm³/mol. The lowest BCUT2D eigenvalue weighted by Crippen LogP contribution is -2.61. The molecule has 0 unspecified atom stereocenters. The van der Waals surface area contributed by atoms with Crippen LogP contribution in [0.2, 0.25) is 0 Å². The fraction of sp³-hybridized carbons (Fsp3) is 0.333. The molecule has 0 bridgehead atoms. The first-order valence-electron chi connectivity index (χ1n) is 24.9. The van der Waals surface area contributed by atoms with E-state index < -0.39 is 0 Å². The van der Waals surface area contributed by atoms with E-state index in [4.69, 9.17) is 0 Å². The van der Waals surface area contributed by atoms with Gasteiger partial charge in [0.15, 0.2) is 0 Å². The fourth-order valence-electron chi connectivity index (χ4n) is 13.4. The Kier molecular flexibility index (Phi) is 8.94. The number of hydrogen-bond acceptors (Lipinski definition) is 3. The third-order valence-electron chi connectivity index (χ3n) is 16.8. The molecule has 0 radical (unpaired) electrons. The molecular weight excluding hydrogens is 828 g/mol. The van der Waals surface area contributed by atoms with Crippen molar-refractivity contribution >= 4 is 88.7 Å². The lowest BCUT2D eigenvalue weighted by atomic mass is 9.33. The molecule has 0 spiro atoms. The molecule has 0 saturated heterocycles. The zero-order valence-electron chi connectivity index (χ0n) is 42.0. The van der Waals surface area contributed by atoms with Crippen molar-refractivity contribution in [3.05, 3.63) is 160 Å². The molecule has 336 valence electrons. The number of thiophene rings is 1. The first-order chi connectivity index (χ1) is 31.6. The van der Waals surface area contributed by atoms with Crippen LogP contribution in [0, 0.1) is 13.8 Å². The molecule has 7 aromatic carbocycles. The SMILES string of the molecule is Cc1cc2c3c(c1)N(c1ccc(C(C)(C)C)cc1-c1ccccc1)c1ccc4c(sc5ccccc54)c1B3c1cc3c(cc1N2c1cc2c(cc1C)C(C)(C)CCC2(C)C)C(C)(C)CC3(C)C. The van der Waals surface area contributed by atoms with Gasteiger partial charge in [-0.2, -0.15) is 0 Å². The van der Waals surface area contributed by atoms with Crippen LogP contribution < -0.4 is 26.2 Å². The second-order valence-corrected chi connectivity index (χ2v) is 25.5. The smallest absolute Gasteiger partial charge is 0.254 e. The highest BCUT2D eigenvalue weighted by atomic mass is 32.1. The molecule has 2 aliphatic heterocycles. The van der Waals surface area contributed by atoms with Crippen molar-refractivity contribution in [1.29, 1.82) is 0 Å². The van der Waals surface area contributed by atoms with Gasteiger partial charge in [0.2, 0.25) is 0 Å². The van der Waals surface area contributed by atoms with Gasteiger partial charge in [-0.1, -0.05) is 149 Å². The number of anilines is 6. The maximum atomic E-state index is 2.74. The van der Waals surface area contributed by atoms with E-state index in [0.29, 0.717) is 0 Å². The highest BCUT2D eigenvalue weighted by Crippen LogP contribution is 2.55. The number of aryl methyl sites for hydroxylation is 2. The first-order valence-corrected chi connectivity index (χ1v) is 25.7. The van der Waals surface area contributed by atoms with Crippen LogP contribution in [0.15, 0.2) is 121 Å². The van der Waals surface area contributed by atoms with Crippen LogP contribution in [0.4, 0.5) is 34.1 Å². The molecule has 0 N–H and O–H groups in total. The van der Waals surface area contributed by atoms with Crippen molar-refractivity contribution in [2.45, 2.75) is 136 Å². The van der Waals surface area contributed by atoms with Crippen molar-refractivity contribution in [2.75, 3.05) is 9.80 Å². The van der Waals surface area contributed by atoms with Crippen LogP contribution in [0.3, 0.4) is 0 Å². The Morgan fingerprint density at radius 2 is 1.09 bits per heavy atom. The first kappa shape index (κ1) is 42.8. The van der Waals surface area contributed by atoms with Gasteiger partial charge < -0.3 is 9.80 Å². The van der Waals surface area contributed by atoms with E-state index >= 15 is 0 Å². The molecular formula is C63H65BN2S. The molecule has 2 aliphatic carbocycles. The quantitative estimate of drug-likeness (QED) is 0.163. The molecule has 2 nitrogen and oxygen atoms in total. The van der Waals surface area contributed by atoms with Gasteiger partial charge in [0, 0.05) is 48.8 Å². The van der Waals surface area contributed by atoms with Crippen molar-refractivity contribution in [1.82, 2.24) is 0 Å². The summed E-state index contributed by atoms with van der Waals surface area (Å²) >= 11 is 1.98. The summed E-state index contributed by atoms with van der Waals surface area (Å²) in [5.41, 5.74) is 24.7. The van der Waals surface area contributed by atoms with E-state index in [1.165, 1.54) is 134 Å². The largest absolute Gasteiger partial charge is 0.311 e. The summed E-state index contributed by atoms with van der Waals surface area (Å²) in [5, 5.41) is 2.70. The van der Waals surface area contributed by atoms with Crippen LogP contribution in [-0.2, 0) is 27.1 Å². The molecule has 4 aliphatic rings. The monoisotopic (exact) mass is 892 g/mol. The van der Waals surface area contributed by atoms with Crippen LogP contribution in [0.25, 0.3) is 31.3 Å². The topological polar surface area (TPSA) is 6.48 Å². The Bertz CT molecular complexity index is 3410. The Hall–Kier alpha value is -5.58. The van der Waals surface area contributed by atoms with Gasteiger partial charge in [-0.15, -0.1) is 11.3 Å². The predicted octanol–water partition coefficient (Wildman–Crippen LogP) is 16.0. The van der Waals surface area contributed by atoms with E-state index in [9.17, 15) is 0 Å². The van der Waals surface area contributed by atoms with Crippen LogP contribution >= 0.6 is 11.3 Å². The molecule has 67 heavy (non-hydrogen) atoms. The van der Waals surface area contributed by atoms with E-state index in [2.05, 4.69) is 221 Å². The van der Waals surface area contributed by atoms with Gasteiger partial charge >= 0.3 is 0 Å². The molecule has 0 fully saturated rings. The fourth-order valence-corrected chi connectivity index (χ4v) is 14.7. The molecule has 4 heteroatoms. The van der Waals surface area contributed by atoms with Gasteiger partial charge in [-0.25, -0.2) is 0 Å². The number of nitrogens with zero attached hydrogens (tertiary/aromatic N) is 2. The number of fused-ring (bicyclic) bond motifs is 10. The zero-order chi connectivity index (χ0) is 46.9. The van der Waals surface area contributed by atoms with E-state index in [0.717, 1.165) is 6.42 Å². The average molecular weight is 893 g/mol. The molecule has 3 heterocycles. The van der Waals surface area contributed by atoms with Gasteiger partial charge in [-0.05, 0) is 175 Å². The average Bonchev–Trinajstić information content (AvgIpc) is 3.74. The Morgan fingerprint density at radius 1 is 0.507 bits per heavy atom. The van der Waals surface area contributed by atoms with E-state index in [-0.39, 0.29) is 33.8 Å². The number of hydrogen-bond donors (Lipinski definition) is 0. The van der Waals surface area contributed by atoms with Crippen molar-refractivity contribution < 1.29 is 0 Å². The van der Waals surface area contributed by atoms with Crippen molar-refractivity contribution in [2.24, 2.45) is 0 Å². The summed E-state index contributed by atoms with van der Waals surface area (Å²) in [4.78, 5) is 5.41. The van der Waals surface area contributed by atoms with E-state index in [1.54, 1.807) is 0 Å². The minimum atomic E-state index is -0.0119. The van der Waals surface area contributed by atoms with Crippen LogP contribution in [0.1, 0.15) is 134 Å². The third kappa shape index (κ3) is 6.20. The lowest BCUT2D eigenvalue weighted by Gasteiger charge is -2.47. The molecule has 0 atom stereocenters. The van der Waals surface area contributed by atoms with Crippen LogP contribution in [-0.4, -0.2) is 6.71 Å². The highest BCUT2D eigenvalue weighted by Gasteiger charge is 2.49. The summed E-state index contributed by atoms with van der Waals surface area (Å²) in [7, 11) is 0. The summed E-state index contributed by atoms with van der Waals surface area (Å²) < 4.78 is 2.74. The molecule has 0 amide bonds. The maximum Gasteiger partial charge on any atom is 0.254 e. The molecule has 1 aromatic heterocycles. The lowest BCUT2D eigenvalue weighted by molar-refractivity contribution is 0.332. The van der Waals surface area contributed by atoms with Crippen LogP contribution in [0.5, 0.6) is 0 Å². The summed E-state index contributed by atoms with van der Waals surface area (Å²) in [6.45, 7) is 31.6.